The first-order valence-electron chi connectivity index (χ1n) is 11.9. The molecule has 7 heteroatoms. The van der Waals surface area contributed by atoms with Crippen LogP contribution in [0, 0.1) is 6.92 Å². The Morgan fingerprint density at radius 3 is 2.31 bits per heavy atom. The van der Waals surface area contributed by atoms with Crippen molar-refractivity contribution < 1.29 is 4.79 Å². The van der Waals surface area contributed by atoms with Crippen LogP contribution >= 0.6 is 0 Å². The van der Waals surface area contributed by atoms with E-state index in [9.17, 15) is 9.59 Å². The van der Waals surface area contributed by atoms with Crippen LogP contribution in [-0.2, 0) is 11.3 Å². The molecule has 7 nitrogen and oxygen atoms in total. The monoisotopic (exact) mass is 469 g/mol. The molecule has 1 aromatic heterocycles. The second kappa shape index (κ2) is 10.4. The van der Waals surface area contributed by atoms with Gasteiger partial charge < -0.3 is 15.1 Å². The molecule has 0 aliphatic rings. The number of nitrogens with one attached hydrogen (secondary N) is 1. The second-order valence-corrected chi connectivity index (χ2v) is 8.44. The highest BCUT2D eigenvalue weighted by Gasteiger charge is 2.17. The van der Waals surface area contributed by atoms with Crippen molar-refractivity contribution in [3.8, 4) is 0 Å². The van der Waals surface area contributed by atoms with Crippen LogP contribution in [0.1, 0.15) is 19.4 Å². The van der Waals surface area contributed by atoms with Crippen molar-refractivity contribution in [1.29, 1.82) is 0 Å². The lowest BCUT2D eigenvalue weighted by Crippen LogP contribution is -2.31. The fourth-order valence-electron chi connectivity index (χ4n) is 4.30. The van der Waals surface area contributed by atoms with E-state index < -0.39 is 5.69 Å². The normalized spacial score (nSPS) is 10.9. The molecule has 0 saturated heterocycles. The van der Waals surface area contributed by atoms with E-state index in [1.165, 1.54) is 4.57 Å². The summed E-state index contributed by atoms with van der Waals surface area (Å²) < 4.78 is 1.42. The zero-order valence-corrected chi connectivity index (χ0v) is 20.7. The quantitative estimate of drug-likeness (QED) is 0.395. The van der Waals surface area contributed by atoms with E-state index >= 15 is 0 Å². The lowest BCUT2D eigenvalue weighted by atomic mass is 10.1. The highest BCUT2D eigenvalue weighted by molar-refractivity contribution is 5.95. The summed E-state index contributed by atoms with van der Waals surface area (Å²) in [6.45, 7) is 7.92. The molecule has 1 amide bonds. The van der Waals surface area contributed by atoms with Crippen molar-refractivity contribution in [2.45, 2.75) is 27.3 Å². The van der Waals surface area contributed by atoms with Gasteiger partial charge in [-0.15, -0.1) is 0 Å². The molecule has 180 valence electrons. The van der Waals surface area contributed by atoms with Gasteiger partial charge >= 0.3 is 5.69 Å². The average molecular weight is 470 g/mol. The topological polar surface area (TPSA) is 70.5 Å². The SMILES string of the molecule is CCN(CC)c1ccc(NC(=O)Cn2c(=O)nc(N(C)c3ccccc3)c3ccccc32)c(C)c1. The predicted molar refractivity (Wildman–Crippen MR) is 144 cm³/mol. The molecule has 0 spiro atoms. The summed E-state index contributed by atoms with van der Waals surface area (Å²) in [7, 11) is 1.88. The lowest BCUT2D eigenvalue weighted by Gasteiger charge is -2.22. The van der Waals surface area contributed by atoms with Gasteiger partial charge in [0.2, 0.25) is 5.91 Å². The highest BCUT2D eigenvalue weighted by Crippen LogP contribution is 2.28. The van der Waals surface area contributed by atoms with Gasteiger partial charge in [-0.25, -0.2) is 4.79 Å². The first kappa shape index (κ1) is 24.0. The lowest BCUT2D eigenvalue weighted by molar-refractivity contribution is -0.116. The van der Waals surface area contributed by atoms with Crippen LogP contribution in [0.25, 0.3) is 10.9 Å². The number of carbonyl (C=O) groups is 1. The summed E-state index contributed by atoms with van der Waals surface area (Å²) in [5, 5.41) is 3.76. The van der Waals surface area contributed by atoms with Crippen LogP contribution in [0.5, 0.6) is 0 Å². The molecule has 3 aromatic carbocycles. The van der Waals surface area contributed by atoms with Crippen molar-refractivity contribution in [1.82, 2.24) is 9.55 Å². The number of anilines is 4. The van der Waals surface area contributed by atoms with Gasteiger partial charge in [0.1, 0.15) is 12.4 Å². The summed E-state index contributed by atoms with van der Waals surface area (Å²) in [6, 6.07) is 23.3. The highest BCUT2D eigenvalue weighted by atomic mass is 16.2. The Bertz CT molecular complexity index is 1390. The molecule has 1 heterocycles. The smallest absolute Gasteiger partial charge is 0.350 e. The molecule has 0 radical (unpaired) electrons. The van der Waals surface area contributed by atoms with Gasteiger partial charge in [0.05, 0.1) is 5.52 Å². The molecule has 0 aliphatic carbocycles. The van der Waals surface area contributed by atoms with E-state index in [-0.39, 0.29) is 12.5 Å². The molecule has 0 atom stereocenters. The Morgan fingerprint density at radius 2 is 1.63 bits per heavy atom. The van der Waals surface area contributed by atoms with Gasteiger partial charge in [0.15, 0.2) is 0 Å². The number of aryl methyl sites for hydroxylation is 1. The van der Waals surface area contributed by atoms with Crippen molar-refractivity contribution in [2.75, 3.05) is 35.3 Å². The third-order valence-electron chi connectivity index (χ3n) is 6.24. The molecule has 0 bridgehead atoms. The number of benzene rings is 3. The molecule has 0 saturated carbocycles. The van der Waals surface area contributed by atoms with Gasteiger partial charge in [-0.1, -0.05) is 30.3 Å². The molecular formula is C28H31N5O2. The Morgan fingerprint density at radius 1 is 0.943 bits per heavy atom. The number of aromatic nitrogens is 2. The standard InChI is InChI=1S/C28H31N5O2/c1-5-32(6-2)22-16-17-24(20(3)18-22)29-26(34)19-33-25-15-11-10-14-23(25)27(30-28(33)35)31(4)21-12-8-7-9-13-21/h7-18H,5-6,19H2,1-4H3,(H,29,34). The zero-order valence-electron chi connectivity index (χ0n) is 20.7. The number of rotatable bonds is 8. The van der Waals surface area contributed by atoms with Crippen LogP contribution in [0.15, 0.2) is 77.6 Å². The number of amides is 1. The van der Waals surface area contributed by atoms with Crippen molar-refractivity contribution in [3.63, 3.8) is 0 Å². The number of para-hydroxylation sites is 2. The van der Waals surface area contributed by atoms with Gasteiger partial charge in [0, 0.05) is 42.6 Å². The van der Waals surface area contributed by atoms with Gasteiger partial charge in [-0.05, 0) is 68.8 Å². The number of hydrogen-bond acceptors (Lipinski definition) is 5. The third kappa shape index (κ3) is 5.04. The van der Waals surface area contributed by atoms with Crippen LogP contribution in [0.4, 0.5) is 22.9 Å². The largest absolute Gasteiger partial charge is 0.372 e. The Hall–Kier alpha value is -4.13. The molecule has 35 heavy (non-hydrogen) atoms. The second-order valence-electron chi connectivity index (χ2n) is 8.44. The predicted octanol–water partition coefficient (Wildman–Crippen LogP) is 4.96. The van der Waals surface area contributed by atoms with Crippen LogP contribution < -0.4 is 20.8 Å². The van der Waals surface area contributed by atoms with E-state index in [0.29, 0.717) is 11.3 Å². The fraction of sp³-hybridized carbons (Fsp3) is 0.250. The Balaban J connectivity index is 1.62. The molecule has 4 rings (SSSR count). The van der Waals surface area contributed by atoms with E-state index in [4.69, 9.17) is 0 Å². The number of carbonyl (C=O) groups excluding carboxylic acids is 1. The molecule has 0 fully saturated rings. The van der Waals surface area contributed by atoms with Crippen LogP contribution in [-0.4, -0.2) is 35.6 Å². The number of hydrogen-bond donors (Lipinski definition) is 1. The van der Waals surface area contributed by atoms with Crippen LogP contribution in [0.2, 0.25) is 0 Å². The van der Waals surface area contributed by atoms with Crippen molar-refractivity contribution in [3.05, 3.63) is 88.8 Å². The van der Waals surface area contributed by atoms with E-state index in [0.717, 1.165) is 41.1 Å². The first-order valence-corrected chi connectivity index (χ1v) is 11.9. The zero-order chi connectivity index (χ0) is 24.9. The van der Waals surface area contributed by atoms with E-state index in [1.807, 2.05) is 85.6 Å². The fourth-order valence-corrected chi connectivity index (χ4v) is 4.30. The first-order chi connectivity index (χ1) is 16.9. The van der Waals surface area contributed by atoms with Crippen LogP contribution in [0.3, 0.4) is 0 Å². The van der Waals surface area contributed by atoms with Gasteiger partial charge in [-0.2, -0.15) is 4.98 Å². The summed E-state index contributed by atoms with van der Waals surface area (Å²) in [4.78, 5) is 34.5. The molecule has 1 N–H and O–H groups in total. The summed E-state index contributed by atoms with van der Waals surface area (Å²) in [5.41, 5.74) is 3.94. The number of nitrogens with zero attached hydrogens (tertiary/aromatic N) is 4. The summed E-state index contributed by atoms with van der Waals surface area (Å²) in [5.74, 6) is 0.276. The Labute approximate surface area is 205 Å². The molecule has 4 aromatic rings. The minimum Gasteiger partial charge on any atom is -0.372 e. The maximum atomic E-state index is 13.1. The third-order valence-corrected chi connectivity index (χ3v) is 6.24. The number of fused-ring (bicyclic) bond motifs is 1. The average Bonchev–Trinajstić information content (AvgIpc) is 2.88. The minimum atomic E-state index is -0.467. The Kier molecular flexibility index (Phi) is 7.15. The summed E-state index contributed by atoms with van der Waals surface area (Å²) >= 11 is 0. The van der Waals surface area contributed by atoms with E-state index in [1.54, 1.807) is 0 Å². The minimum absolute atomic E-state index is 0.126. The van der Waals surface area contributed by atoms with Crippen molar-refractivity contribution in [2.24, 2.45) is 0 Å². The maximum absolute atomic E-state index is 13.1. The van der Waals surface area contributed by atoms with Crippen molar-refractivity contribution >= 4 is 39.7 Å². The van der Waals surface area contributed by atoms with Gasteiger partial charge in [-0.3, -0.25) is 9.36 Å². The molecular weight excluding hydrogens is 438 g/mol. The molecule has 0 unspecified atom stereocenters. The molecule has 0 aliphatic heterocycles. The van der Waals surface area contributed by atoms with E-state index in [2.05, 4.69) is 35.1 Å². The van der Waals surface area contributed by atoms with Gasteiger partial charge in [0.25, 0.3) is 0 Å². The maximum Gasteiger partial charge on any atom is 0.350 e. The summed E-state index contributed by atoms with van der Waals surface area (Å²) in [6.07, 6.45) is 0.